The van der Waals surface area contributed by atoms with Crippen LogP contribution in [-0.4, -0.2) is 58.3 Å². The fourth-order valence-electron chi connectivity index (χ4n) is 1.93. The topological polar surface area (TPSA) is 61.4 Å². The van der Waals surface area contributed by atoms with Crippen LogP contribution in [0.3, 0.4) is 0 Å². The van der Waals surface area contributed by atoms with E-state index in [9.17, 15) is 8.42 Å². The molecule has 0 aromatic heterocycles. The second-order valence-corrected chi connectivity index (χ2v) is 7.27. The van der Waals surface area contributed by atoms with Crippen LogP contribution in [0.4, 0.5) is 0 Å². The van der Waals surface area contributed by atoms with Gasteiger partial charge in [0, 0.05) is 32.7 Å². The molecule has 1 heterocycles. The zero-order valence-electron chi connectivity index (χ0n) is 12.4. The lowest BCUT2D eigenvalue weighted by molar-refractivity contribution is 0.239. The van der Waals surface area contributed by atoms with Crippen LogP contribution in [0.5, 0.6) is 0 Å². The summed E-state index contributed by atoms with van der Waals surface area (Å²) in [5.41, 5.74) is 0. The Hall–Kier alpha value is 0.410. The van der Waals surface area contributed by atoms with E-state index >= 15 is 0 Å². The molecule has 1 saturated heterocycles. The van der Waals surface area contributed by atoms with Crippen molar-refractivity contribution in [2.45, 2.75) is 26.7 Å². The highest BCUT2D eigenvalue weighted by Gasteiger charge is 2.12. The number of hydrogen-bond donors (Lipinski definition) is 2. The Morgan fingerprint density at radius 2 is 1.80 bits per heavy atom. The second kappa shape index (κ2) is 12.0. The van der Waals surface area contributed by atoms with Gasteiger partial charge in [0.25, 0.3) is 0 Å². The van der Waals surface area contributed by atoms with E-state index in [2.05, 4.69) is 14.9 Å². The Morgan fingerprint density at radius 3 is 2.35 bits per heavy atom. The first-order valence-electron chi connectivity index (χ1n) is 6.90. The van der Waals surface area contributed by atoms with Crippen molar-refractivity contribution in [2.75, 3.05) is 45.0 Å². The van der Waals surface area contributed by atoms with Crippen LogP contribution >= 0.6 is 24.8 Å². The highest BCUT2D eigenvalue weighted by Crippen LogP contribution is 2.02. The molecule has 0 saturated carbocycles. The Balaban J connectivity index is 0. The van der Waals surface area contributed by atoms with Crippen molar-refractivity contribution in [3.05, 3.63) is 0 Å². The molecule has 1 rings (SSSR count). The molecule has 0 atom stereocenters. The standard InChI is InChI=1S/C12H27N3O2S.2ClH/c1-12(2)4-11-18(16,17)14-5-3-8-15-9-6-13-7-10-15;;/h12-14H,3-11H2,1-2H3;2*1H. The van der Waals surface area contributed by atoms with E-state index in [-0.39, 0.29) is 30.6 Å². The van der Waals surface area contributed by atoms with Crippen LogP contribution in [0.2, 0.25) is 0 Å². The summed E-state index contributed by atoms with van der Waals surface area (Å²) in [7, 11) is -3.06. The predicted octanol–water partition coefficient (Wildman–Crippen LogP) is 1.09. The van der Waals surface area contributed by atoms with Crippen molar-refractivity contribution >= 4 is 34.8 Å². The third-order valence-corrected chi connectivity index (χ3v) is 4.56. The van der Waals surface area contributed by atoms with Crippen molar-refractivity contribution in [3.63, 3.8) is 0 Å². The summed E-state index contributed by atoms with van der Waals surface area (Å²) >= 11 is 0. The largest absolute Gasteiger partial charge is 0.314 e. The molecular formula is C12H29Cl2N3O2S. The molecule has 0 spiro atoms. The summed E-state index contributed by atoms with van der Waals surface area (Å²) in [6.07, 6.45) is 1.62. The first-order valence-corrected chi connectivity index (χ1v) is 8.55. The van der Waals surface area contributed by atoms with Crippen molar-refractivity contribution < 1.29 is 8.42 Å². The second-order valence-electron chi connectivity index (χ2n) is 5.34. The van der Waals surface area contributed by atoms with Gasteiger partial charge in [0.15, 0.2) is 0 Å². The van der Waals surface area contributed by atoms with Gasteiger partial charge in [-0.05, 0) is 25.3 Å². The third-order valence-electron chi connectivity index (χ3n) is 3.15. The lowest BCUT2D eigenvalue weighted by atomic mass is 10.2. The maximum absolute atomic E-state index is 11.7. The first-order chi connectivity index (χ1) is 8.49. The van der Waals surface area contributed by atoms with Gasteiger partial charge in [0.05, 0.1) is 5.75 Å². The molecule has 1 aliphatic heterocycles. The van der Waals surface area contributed by atoms with Crippen LogP contribution in [-0.2, 0) is 10.0 Å². The normalized spacial score (nSPS) is 16.6. The van der Waals surface area contributed by atoms with E-state index in [4.69, 9.17) is 0 Å². The number of nitrogens with one attached hydrogen (secondary N) is 2. The van der Waals surface area contributed by atoms with Gasteiger partial charge in [-0.3, -0.25) is 0 Å². The average molecular weight is 350 g/mol. The molecule has 0 aliphatic carbocycles. The maximum Gasteiger partial charge on any atom is 0.211 e. The fourth-order valence-corrected chi connectivity index (χ4v) is 3.31. The summed E-state index contributed by atoms with van der Waals surface area (Å²) in [5.74, 6) is 0.681. The van der Waals surface area contributed by atoms with Crippen LogP contribution in [0, 0.1) is 5.92 Å². The molecule has 0 radical (unpaired) electrons. The fraction of sp³-hybridized carbons (Fsp3) is 1.00. The molecule has 0 unspecified atom stereocenters. The summed E-state index contributed by atoms with van der Waals surface area (Å²) in [4.78, 5) is 2.37. The van der Waals surface area contributed by atoms with E-state index in [1.165, 1.54) is 0 Å². The van der Waals surface area contributed by atoms with E-state index in [0.29, 0.717) is 12.5 Å². The molecule has 0 aromatic rings. The Bertz CT molecular complexity index is 321. The zero-order chi connectivity index (χ0) is 13.4. The molecule has 124 valence electrons. The lowest BCUT2D eigenvalue weighted by Crippen LogP contribution is -2.44. The van der Waals surface area contributed by atoms with Crippen molar-refractivity contribution in [1.82, 2.24) is 14.9 Å². The van der Waals surface area contributed by atoms with E-state index in [1.807, 2.05) is 13.8 Å². The van der Waals surface area contributed by atoms with E-state index in [0.717, 1.165) is 45.6 Å². The zero-order valence-corrected chi connectivity index (χ0v) is 14.9. The summed E-state index contributed by atoms with van der Waals surface area (Å²) in [6.45, 7) is 9.85. The van der Waals surface area contributed by atoms with Gasteiger partial charge < -0.3 is 10.2 Å². The molecule has 8 heteroatoms. The molecule has 2 N–H and O–H groups in total. The van der Waals surface area contributed by atoms with E-state index in [1.54, 1.807) is 0 Å². The van der Waals surface area contributed by atoms with Crippen LogP contribution < -0.4 is 10.0 Å². The molecule has 0 amide bonds. The SMILES string of the molecule is CC(C)CCS(=O)(=O)NCCCN1CCNCC1.Cl.Cl. The average Bonchev–Trinajstić information content (AvgIpc) is 2.34. The number of sulfonamides is 1. The maximum atomic E-state index is 11.7. The highest BCUT2D eigenvalue weighted by atomic mass is 35.5. The minimum atomic E-state index is -3.06. The molecule has 0 aromatic carbocycles. The van der Waals surface area contributed by atoms with Crippen LogP contribution in [0.1, 0.15) is 26.7 Å². The number of hydrogen-bond acceptors (Lipinski definition) is 4. The Kier molecular flexibility index (Phi) is 13.6. The Labute approximate surface area is 136 Å². The quantitative estimate of drug-likeness (QED) is 0.644. The monoisotopic (exact) mass is 349 g/mol. The summed E-state index contributed by atoms with van der Waals surface area (Å²) < 4.78 is 26.0. The number of nitrogens with zero attached hydrogens (tertiary/aromatic N) is 1. The number of piperazine rings is 1. The molecule has 1 aliphatic rings. The molecule has 20 heavy (non-hydrogen) atoms. The van der Waals surface area contributed by atoms with Crippen molar-refractivity contribution in [3.8, 4) is 0 Å². The smallest absolute Gasteiger partial charge is 0.211 e. The number of rotatable bonds is 8. The highest BCUT2D eigenvalue weighted by molar-refractivity contribution is 7.89. The Morgan fingerprint density at radius 1 is 1.20 bits per heavy atom. The van der Waals surface area contributed by atoms with Gasteiger partial charge >= 0.3 is 0 Å². The molecule has 0 bridgehead atoms. The van der Waals surface area contributed by atoms with Gasteiger partial charge in [-0.25, -0.2) is 13.1 Å². The third kappa shape index (κ3) is 11.1. The van der Waals surface area contributed by atoms with Gasteiger partial charge in [-0.1, -0.05) is 13.8 Å². The minimum Gasteiger partial charge on any atom is -0.314 e. The molecule has 5 nitrogen and oxygen atoms in total. The summed E-state index contributed by atoms with van der Waals surface area (Å²) in [5, 5.41) is 3.30. The van der Waals surface area contributed by atoms with Gasteiger partial charge in [0.2, 0.25) is 10.0 Å². The molecule has 1 fully saturated rings. The number of halogens is 2. The first kappa shape index (κ1) is 22.7. The lowest BCUT2D eigenvalue weighted by Gasteiger charge is -2.27. The van der Waals surface area contributed by atoms with Crippen molar-refractivity contribution in [1.29, 1.82) is 0 Å². The predicted molar refractivity (Wildman–Crippen MR) is 89.7 cm³/mol. The minimum absolute atomic E-state index is 0. The van der Waals surface area contributed by atoms with Crippen LogP contribution in [0.25, 0.3) is 0 Å². The van der Waals surface area contributed by atoms with E-state index < -0.39 is 10.0 Å². The summed E-state index contributed by atoms with van der Waals surface area (Å²) in [6, 6.07) is 0. The van der Waals surface area contributed by atoms with Crippen LogP contribution in [0.15, 0.2) is 0 Å². The van der Waals surface area contributed by atoms with Gasteiger partial charge in [-0.15, -0.1) is 24.8 Å². The molecular weight excluding hydrogens is 321 g/mol. The van der Waals surface area contributed by atoms with Gasteiger partial charge in [0.1, 0.15) is 0 Å². The van der Waals surface area contributed by atoms with Gasteiger partial charge in [-0.2, -0.15) is 0 Å². The van der Waals surface area contributed by atoms with Crippen molar-refractivity contribution in [2.24, 2.45) is 5.92 Å².